The van der Waals surface area contributed by atoms with E-state index in [1.165, 1.54) is 4.90 Å². The SMILES string of the molecule is CC1=[N+](CCCS(=O)(=O)[O-])c2ccc(N(C)C(=O)COCC(=O)O)cc2C1(C)C. The van der Waals surface area contributed by atoms with Crippen LogP contribution in [0.1, 0.15) is 32.8 Å². The van der Waals surface area contributed by atoms with Gasteiger partial charge in [0, 0.05) is 43.5 Å². The molecule has 1 aliphatic heterocycles. The maximum atomic E-state index is 12.3. The Morgan fingerprint density at radius 1 is 1.28 bits per heavy atom. The predicted octanol–water partition coefficient (Wildman–Crippen LogP) is 1.08. The van der Waals surface area contributed by atoms with Crippen LogP contribution in [0.2, 0.25) is 0 Å². The van der Waals surface area contributed by atoms with Gasteiger partial charge in [-0.3, -0.25) is 4.79 Å². The highest BCUT2D eigenvalue weighted by Gasteiger charge is 2.43. The second-order valence-corrected chi connectivity index (χ2v) is 9.04. The van der Waals surface area contributed by atoms with E-state index in [1.807, 2.05) is 37.5 Å². The highest BCUT2D eigenvalue weighted by atomic mass is 32.2. The number of aliphatic carboxylic acids is 1. The van der Waals surface area contributed by atoms with Gasteiger partial charge in [-0.2, -0.15) is 4.58 Å². The Kier molecular flexibility index (Phi) is 6.82. The molecule has 0 atom stereocenters. The van der Waals surface area contributed by atoms with Gasteiger partial charge in [0.25, 0.3) is 5.91 Å². The highest BCUT2D eigenvalue weighted by Crippen LogP contribution is 2.41. The van der Waals surface area contributed by atoms with Crippen molar-refractivity contribution >= 4 is 39.1 Å². The van der Waals surface area contributed by atoms with Gasteiger partial charge >= 0.3 is 5.97 Å². The van der Waals surface area contributed by atoms with E-state index in [0.717, 1.165) is 17.0 Å². The first kappa shape index (κ1) is 23.0. The van der Waals surface area contributed by atoms with Crippen molar-refractivity contribution in [2.75, 3.05) is 37.5 Å². The van der Waals surface area contributed by atoms with E-state index in [4.69, 9.17) is 9.84 Å². The van der Waals surface area contributed by atoms with Gasteiger partial charge in [-0.15, -0.1) is 0 Å². The van der Waals surface area contributed by atoms with Gasteiger partial charge in [0.05, 0.1) is 15.5 Å². The van der Waals surface area contributed by atoms with Gasteiger partial charge in [0.15, 0.2) is 5.71 Å². The molecule has 0 bridgehead atoms. The molecule has 160 valence electrons. The minimum Gasteiger partial charge on any atom is -0.748 e. The molecule has 0 spiro atoms. The topological polar surface area (TPSA) is 127 Å². The van der Waals surface area contributed by atoms with Crippen LogP contribution < -0.4 is 4.90 Å². The van der Waals surface area contributed by atoms with Crippen LogP contribution in [0, 0.1) is 0 Å². The number of ether oxygens (including phenoxy) is 1. The number of carboxylic acids is 1. The Hall–Kier alpha value is -2.30. The van der Waals surface area contributed by atoms with E-state index in [1.54, 1.807) is 13.1 Å². The minimum absolute atomic E-state index is 0.222. The summed E-state index contributed by atoms with van der Waals surface area (Å²) in [6.45, 7) is 5.55. The molecule has 0 radical (unpaired) electrons. The molecule has 1 aromatic carbocycles. The number of hydrogen-bond acceptors (Lipinski definition) is 6. The lowest BCUT2D eigenvalue weighted by atomic mass is 9.82. The number of amides is 1. The number of fused-ring (bicyclic) bond motifs is 1. The first-order valence-corrected chi connectivity index (χ1v) is 10.7. The second kappa shape index (κ2) is 8.60. The van der Waals surface area contributed by atoms with Crippen molar-refractivity contribution in [2.24, 2.45) is 0 Å². The van der Waals surface area contributed by atoms with Crippen LogP contribution in [0.5, 0.6) is 0 Å². The zero-order valence-electron chi connectivity index (χ0n) is 17.0. The molecule has 0 fully saturated rings. The Morgan fingerprint density at radius 3 is 2.52 bits per heavy atom. The maximum Gasteiger partial charge on any atom is 0.329 e. The van der Waals surface area contributed by atoms with E-state index >= 15 is 0 Å². The molecule has 0 saturated heterocycles. The lowest BCUT2D eigenvalue weighted by Crippen LogP contribution is -2.31. The van der Waals surface area contributed by atoms with E-state index < -0.39 is 28.4 Å². The summed E-state index contributed by atoms with van der Waals surface area (Å²) in [5.74, 6) is -1.94. The zero-order chi connectivity index (χ0) is 22.0. The number of likely N-dealkylation sites (N-methyl/N-ethyl adjacent to an activating group) is 1. The number of rotatable bonds is 9. The summed E-state index contributed by atoms with van der Waals surface area (Å²) in [6, 6.07) is 5.51. The van der Waals surface area contributed by atoms with Crippen LogP contribution in [-0.4, -0.2) is 72.8 Å². The Morgan fingerprint density at radius 2 is 1.93 bits per heavy atom. The van der Waals surface area contributed by atoms with E-state index in [-0.39, 0.29) is 24.3 Å². The predicted molar refractivity (Wildman–Crippen MR) is 106 cm³/mol. The Balaban J connectivity index is 2.21. The normalized spacial score (nSPS) is 15.3. The molecule has 9 nitrogen and oxygen atoms in total. The van der Waals surface area contributed by atoms with Gasteiger partial charge in [-0.1, -0.05) is 0 Å². The number of carbonyl (C=O) groups excluding carboxylic acids is 1. The Labute approximate surface area is 170 Å². The van der Waals surface area contributed by atoms with Crippen molar-refractivity contribution in [1.82, 2.24) is 0 Å². The van der Waals surface area contributed by atoms with E-state index in [9.17, 15) is 22.6 Å². The maximum absolute atomic E-state index is 12.3. The quantitative estimate of drug-likeness (QED) is 0.462. The standard InChI is InChI=1S/C19H26N2O7S/c1-13-19(2,3)15-10-14(20(4)17(22)11-28-12-18(23)24)6-7-16(15)21(13)8-5-9-29(25,26)27/h6-7,10H,5,8-9,11-12H2,1-4H3,(H-,23,24,25,26,27). The van der Waals surface area contributed by atoms with E-state index in [2.05, 4.69) is 0 Å². The van der Waals surface area contributed by atoms with Crippen LogP contribution in [0.4, 0.5) is 11.4 Å². The summed E-state index contributed by atoms with van der Waals surface area (Å²) in [5.41, 5.74) is 3.20. The molecule has 0 unspecified atom stereocenters. The molecule has 1 aliphatic rings. The lowest BCUT2D eigenvalue weighted by Gasteiger charge is -2.20. The molecule has 0 aliphatic carbocycles. The fourth-order valence-electron chi connectivity index (χ4n) is 3.34. The molecular weight excluding hydrogens is 400 g/mol. The smallest absolute Gasteiger partial charge is 0.329 e. The average Bonchev–Trinajstić information content (AvgIpc) is 2.80. The molecule has 10 heteroatoms. The highest BCUT2D eigenvalue weighted by molar-refractivity contribution is 7.85. The van der Waals surface area contributed by atoms with Gasteiger partial charge < -0.3 is 19.3 Å². The van der Waals surface area contributed by atoms with Crippen molar-refractivity contribution in [3.8, 4) is 0 Å². The zero-order valence-corrected chi connectivity index (χ0v) is 17.8. The molecule has 2 rings (SSSR count). The molecule has 1 aromatic rings. The van der Waals surface area contributed by atoms with Crippen LogP contribution >= 0.6 is 0 Å². The summed E-state index contributed by atoms with van der Waals surface area (Å²) < 4.78 is 39.5. The molecule has 1 N–H and O–H groups in total. The molecule has 0 aromatic heterocycles. The molecule has 1 amide bonds. The average molecular weight is 426 g/mol. The van der Waals surface area contributed by atoms with Crippen molar-refractivity contribution in [3.05, 3.63) is 23.8 Å². The fourth-order valence-corrected chi connectivity index (χ4v) is 3.82. The van der Waals surface area contributed by atoms with Gasteiger partial charge in [0.2, 0.25) is 5.69 Å². The van der Waals surface area contributed by atoms with Gasteiger partial charge in [0.1, 0.15) is 19.8 Å². The van der Waals surface area contributed by atoms with Crippen molar-refractivity contribution in [1.29, 1.82) is 0 Å². The van der Waals surface area contributed by atoms with Crippen molar-refractivity contribution in [2.45, 2.75) is 32.6 Å². The monoisotopic (exact) mass is 426 g/mol. The largest absolute Gasteiger partial charge is 0.748 e. The third-order valence-corrected chi connectivity index (χ3v) is 6.03. The Bertz CT molecular complexity index is 951. The molecule has 0 saturated carbocycles. The van der Waals surface area contributed by atoms with E-state index in [0.29, 0.717) is 12.2 Å². The number of anilines is 1. The summed E-state index contributed by atoms with van der Waals surface area (Å²) in [6.07, 6.45) is 0.222. The summed E-state index contributed by atoms with van der Waals surface area (Å²) in [7, 11) is -2.67. The van der Waals surface area contributed by atoms with Gasteiger partial charge in [-0.25, -0.2) is 13.2 Å². The summed E-state index contributed by atoms with van der Waals surface area (Å²) in [5, 5.41) is 8.59. The number of carbonyl (C=O) groups is 2. The number of hydrogen-bond donors (Lipinski definition) is 1. The van der Waals surface area contributed by atoms with Gasteiger partial charge in [-0.05, 0) is 26.0 Å². The van der Waals surface area contributed by atoms with Crippen LogP contribution in [0.25, 0.3) is 0 Å². The second-order valence-electron chi connectivity index (χ2n) is 7.52. The van der Waals surface area contributed by atoms with Crippen LogP contribution in [-0.2, 0) is 29.9 Å². The first-order chi connectivity index (χ1) is 13.3. The number of benzene rings is 1. The summed E-state index contributed by atoms with van der Waals surface area (Å²) in [4.78, 5) is 24.2. The fraction of sp³-hybridized carbons (Fsp3) is 0.526. The lowest BCUT2D eigenvalue weighted by molar-refractivity contribution is -0.438. The number of nitrogens with zero attached hydrogens (tertiary/aromatic N) is 2. The minimum atomic E-state index is -4.26. The van der Waals surface area contributed by atoms with Crippen LogP contribution in [0.3, 0.4) is 0 Å². The third kappa shape index (κ3) is 5.40. The van der Waals surface area contributed by atoms with Crippen molar-refractivity contribution in [3.63, 3.8) is 0 Å². The first-order valence-electron chi connectivity index (χ1n) is 9.10. The summed E-state index contributed by atoms with van der Waals surface area (Å²) >= 11 is 0. The molecule has 29 heavy (non-hydrogen) atoms. The number of carboxylic acid groups (broad SMARTS) is 1. The third-order valence-electron chi connectivity index (χ3n) is 5.24. The van der Waals surface area contributed by atoms with Crippen LogP contribution in [0.15, 0.2) is 18.2 Å². The van der Waals surface area contributed by atoms with Crippen molar-refractivity contribution < 1.29 is 37.0 Å². The molecular formula is C19H26N2O7S. The molecule has 1 heterocycles.